The molecular weight excluding hydrogens is 204 g/mol. The van der Waals surface area contributed by atoms with E-state index in [0.717, 1.165) is 0 Å². The molecule has 16 heavy (non-hydrogen) atoms. The fourth-order valence-corrected chi connectivity index (χ4v) is 2.09. The lowest BCUT2D eigenvalue weighted by molar-refractivity contribution is -0.273. The molecule has 0 saturated carbocycles. The zero-order valence-electron chi connectivity index (χ0n) is 10.1. The van der Waals surface area contributed by atoms with E-state index >= 15 is 0 Å². The molecule has 0 amide bonds. The largest absolute Gasteiger partial charge is 0.462 e. The summed E-state index contributed by atoms with van der Waals surface area (Å²) in [6, 6.07) is 7.26. The van der Waals surface area contributed by atoms with Gasteiger partial charge in [0.05, 0.1) is 5.41 Å². The van der Waals surface area contributed by atoms with Gasteiger partial charge in [0.25, 0.3) is 0 Å². The standard InChI is InChI=1S/C13H18O3/c1-11(2)12(3,14)9-7-5-6-8-10(9)16-13(11,4)15/h5-8,14-15H,1-4H3. The van der Waals surface area contributed by atoms with Gasteiger partial charge in [0, 0.05) is 12.5 Å². The Hall–Kier alpha value is -1.06. The third kappa shape index (κ3) is 1.22. The summed E-state index contributed by atoms with van der Waals surface area (Å²) in [7, 11) is 0. The van der Waals surface area contributed by atoms with Crippen LogP contribution >= 0.6 is 0 Å². The van der Waals surface area contributed by atoms with E-state index in [1.807, 2.05) is 18.2 Å². The molecule has 0 saturated heterocycles. The van der Waals surface area contributed by atoms with Crippen LogP contribution in [0.3, 0.4) is 0 Å². The van der Waals surface area contributed by atoms with Crippen molar-refractivity contribution in [2.45, 2.75) is 39.1 Å². The normalized spacial score (nSPS) is 36.4. The Morgan fingerprint density at radius 2 is 1.56 bits per heavy atom. The second-order valence-corrected chi connectivity index (χ2v) is 5.28. The molecule has 0 fully saturated rings. The van der Waals surface area contributed by atoms with Gasteiger partial charge in [0.2, 0.25) is 5.79 Å². The van der Waals surface area contributed by atoms with E-state index in [4.69, 9.17) is 4.74 Å². The molecule has 1 heterocycles. The Bertz CT molecular complexity index is 419. The fourth-order valence-electron chi connectivity index (χ4n) is 2.09. The Morgan fingerprint density at radius 1 is 1.00 bits per heavy atom. The van der Waals surface area contributed by atoms with Crippen molar-refractivity contribution in [3.63, 3.8) is 0 Å². The molecule has 1 aliphatic heterocycles. The van der Waals surface area contributed by atoms with E-state index in [-0.39, 0.29) is 0 Å². The van der Waals surface area contributed by atoms with E-state index in [0.29, 0.717) is 11.3 Å². The predicted molar refractivity (Wildman–Crippen MR) is 61.0 cm³/mol. The van der Waals surface area contributed by atoms with Gasteiger partial charge in [-0.25, -0.2) is 0 Å². The fraction of sp³-hybridized carbons (Fsp3) is 0.538. The lowest BCUT2D eigenvalue weighted by Gasteiger charge is -2.52. The van der Waals surface area contributed by atoms with Crippen LogP contribution in [0, 0.1) is 5.41 Å². The zero-order valence-corrected chi connectivity index (χ0v) is 10.1. The molecule has 2 rings (SSSR count). The lowest BCUT2D eigenvalue weighted by atomic mass is 9.65. The van der Waals surface area contributed by atoms with Crippen LogP contribution in [0.25, 0.3) is 0 Å². The van der Waals surface area contributed by atoms with Crippen LogP contribution in [0.15, 0.2) is 24.3 Å². The first-order valence-corrected chi connectivity index (χ1v) is 5.43. The quantitative estimate of drug-likeness (QED) is 0.706. The average molecular weight is 222 g/mol. The number of hydrogen-bond donors (Lipinski definition) is 2. The Labute approximate surface area is 95.7 Å². The first-order valence-electron chi connectivity index (χ1n) is 5.43. The summed E-state index contributed by atoms with van der Waals surface area (Å²) in [6.45, 7) is 6.88. The van der Waals surface area contributed by atoms with Gasteiger partial charge in [0.15, 0.2) is 0 Å². The molecule has 1 aromatic rings. The van der Waals surface area contributed by atoms with Crippen LogP contribution in [0.5, 0.6) is 5.75 Å². The Morgan fingerprint density at radius 3 is 2.19 bits per heavy atom. The summed E-state index contributed by atoms with van der Waals surface area (Å²) in [5, 5.41) is 21.0. The second kappa shape index (κ2) is 2.99. The number of ether oxygens (including phenoxy) is 1. The third-order valence-corrected chi connectivity index (χ3v) is 4.10. The number of aliphatic hydroxyl groups is 2. The van der Waals surface area contributed by atoms with Gasteiger partial charge in [-0.2, -0.15) is 0 Å². The van der Waals surface area contributed by atoms with Crippen LogP contribution in [-0.2, 0) is 5.60 Å². The molecule has 88 valence electrons. The SMILES string of the molecule is CC1(O)Oc2ccccc2C(C)(O)C1(C)C. The van der Waals surface area contributed by atoms with Crippen molar-refractivity contribution in [1.82, 2.24) is 0 Å². The molecule has 2 atom stereocenters. The van der Waals surface area contributed by atoms with Crippen LogP contribution in [0.1, 0.15) is 33.3 Å². The molecule has 2 N–H and O–H groups in total. The first kappa shape index (κ1) is 11.4. The molecule has 0 bridgehead atoms. The van der Waals surface area contributed by atoms with E-state index in [1.165, 1.54) is 0 Å². The maximum absolute atomic E-state index is 10.7. The topological polar surface area (TPSA) is 49.7 Å². The van der Waals surface area contributed by atoms with Gasteiger partial charge in [-0.05, 0) is 13.0 Å². The minimum absolute atomic E-state index is 0.539. The highest BCUT2D eigenvalue weighted by atomic mass is 16.6. The summed E-state index contributed by atoms with van der Waals surface area (Å²) < 4.78 is 5.57. The minimum atomic E-state index is -1.40. The Kier molecular flexibility index (Phi) is 2.14. The molecule has 0 spiro atoms. The van der Waals surface area contributed by atoms with Crippen LogP contribution < -0.4 is 4.74 Å². The van der Waals surface area contributed by atoms with Crippen molar-refractivity contribution in [1.29, 1.82) is 0 Å². The highest BCUT2D eigenvalue weighted by Gasteiger charge is 2.58. The van der Waals surface area contributed by atoms with Crippen molar-refractivity contribution in [2.75, 3.05) is 0 Å². The van der Waals surface area contributed by atoms with Gasteiger partial charge < -0.3 is 14.9 Å². The van der Waals surface area contributed by atoms with Gasteiger partial charge in [0.1, 0.15) is 11.4 Å². The maximum atomic E-state index is 10.7. The molecule has 1 aliphatic rings. The van der Waals surface area contributed by atoms with Crippen molar-refractivity contribution in [3.8, 4) is 5.75 Å². The number of para-hydroxylation sites is 1. The highest BCUT2D eigenvalue weighted by Crippen LogP contribution is 2.53. The molecule has 0 aromatic heterocycles. The summed E-state index contributed by atoms with van der Waals surface area (Å²) in [4.78, 5) is 0. The van der Waals surface area contributed by atoms with Gasteiger partial charge >= 0.3 is 0 Å². The van der Waals surface area contributed by atoms with Gasteiger partial charge in [-0.15, -0.1) is 0 Å². The van der Waals surface area contributed by atoms with Crippen molar-refractivity contribution >= 4 is 0 Å². The molecule has 0 aliphatic carbocycles. The number of benzene rings is 1. The summed E-state index contributed by atoms with van der Waals surface area (Å²) in [6.07, 6.45) is 0. The number of rotatable bonds is 0. The van der Waals surface area contributed by atoms with Crippen molar-refractivity contribution in [3.05, 3.63) is 29.8 Å². The van der Waals surface area contributed by atoms with E-state index in [9.17, 15) is 10.2 Å². The molecule has 3 nitrogen and oxygen atoms in total. The third-order valence-electron chi connectivity index (χ3n) is 4.10. The van der Waals surface area contributed by atoms with Gasteiger partial charge in [-0.1, -0.05) is 32.0 Å². The van der Waals surface area contributed by atoms with Crippen LogP contribution in [-0.4, -0.2) is 16.0 Å². The number of hydrogen-bond acceptors (Lipinski definition) is 3. The summed E-state index contributed by atoms with van der Waals surface area (Å²) >= 11 is 0. The molecule has 2 unspecified atom stereocenters. The van der Waals surface area contributed by atoms with Crippen molar-refractivity contribution in [2.24, 2.45) is 5.41 Å². The maximum Gasteiger partial charge on any atom is 0.213 e. The minimum Gasteiger partial charge on any atom is -0.462 e. The Balaban J connectivity index is 2.68. The molecule has 1 aromatic carbocycles. The summed E-state index contributed by atoms with van der Waals surface area (Å²) in [5.41, 5.74) is -1.22. The zero-order chi connectivity index (χ0) is 12.2. The van der Waals surface area contributed by atoms with Gasteiger partial charge in [-0.3, -0.25) is 0 Å². The molecule has 3 heteroatoms. The molecule has 0 radical (unpaired) electrons. The smallest absolute Gasteiger partial charge is 0.213 e. The number of fused-ring (bicyclic) bond motifs is 1. The highest BCUT2D eigenvalue weighted by molar-refractivity contribution is 5.42. The van der Waals surface area contributed by atoms with Crippen LogP contribution in [0.4, 0.5) is 0 Å². The lowest BCUT2D eigenvalue weighted by Crippen LogP contribution is -2.60. The van der Waals surface area contributed by atoms with E-state index in [2.05, 4.69) is 0 Å². The van der Waals surface area contributed by atoms with E-state index < -0.39 is 16.8 Å². The average Bonchev–Trinajstić information content (AvgIpc) is 2.15. The van der Waals surface area contributed by atoms with Crippen LogP contribution in [0.2, 0.25) is 0 Å². The predicted octanol–water partition coefficient (Wildman–Crippen LogP) is 2.02. The monoisotopic (exact) mass is 222 g/mol. The first-order chi connectivity index (χ1) is 7.20. The van der Waals surface area contributed by atoms with E-state index in [1.54, 1.807) is 33.8 Å². The second-order valence-electron chi connectivity index (χ2n) is 5.28. The summed E-state index contributed by atoms with van der Waals surface area (Å²) in [5.74, 6) is -0.859. The molecular formula is C13H18O3. The van der Waals surface area contributed by atoms with Crippen molar-refractivity contribution < 1.29 is 14.9 Å².